The largest absolute Gasteiger partial charge is 0.491 e. The number of imidazole rings is 1. The summed E-state index contributed by atoms with van der Waals surface area (Å²) in [4.78, 5) is 15.6. The van der Waals surface area contributed by atoms with Gasteiger partial charge in [0.2, 0.25) is 0 Å². The molecule has 1 amide bonds. The summed E-state index contributed by atoms with van der Waals surface area (Å²) in [6, 6.07) is 4.45. The topological polar surface area (TPSA) is 114 Å². The highest BCUT2D eigenvalue weighted by Gasteiger charge is 2.22. The molecule has 0 radical (unpaired) electrons. The molecular formula is C18H15FN4O3. The van der Waals surface area contributed by atoms with Gasteiger partial charge in [-0.1, -0.05) is 11.8 Å². The normalized spacial score (nSPS) is 14.4. The molecule has 3 N–H and O–H groups in total. The second-order valence-electron chi connectivity index (χ2n) is 6.04. The zero-order valence-electron chi connectivity index (χ0n) is 13.9. The van der Waals surface area contributed by atoms with E-state index in [1.807, 2.05) is 6.07 Å². The highest BCUT2D eigenvalue weighted by Crippen LogP contribution is 2.34. The van der Waals surface area contributed by atoms with Crippen LogP contribution < -0.4 is 10.5 Å². The molecule has 2 heterocycles. The van der Waals surface area contributed by atoms with E-state index < -0.39 is 17.3 Å². The SMILES string of the molecule is CC(O)(C#Cc1cc2c(cc1F)OCCn1cc(C(N)=O)nc1-2)CC#N. The van der Waals surface area contributed by atoms with E-state index in [1.165, 1.54) is 25.3 Å². The van der Waals surface area contributed by atoms with E-state index in [0.717, 1.165) is 0 Å². The molecule has 0 aliphatic carbocycles. The highest BCUT2D eigenvalue weighted by molar-refractivity contribution is 5.91. The molecule has 0 fully saturated rings. The minimum atomic E-state index is -1.55. The van der Waals surface area contributed by atoms with E-state index in [4.69, 9.17) is 15.7 Å². The summed E-state index contributed by atoms with van der Waals surface area (Å²) in [5.74, 6) is 4.45. The number of primary amides is 1. The molecule has 1 unspecified atom stereocenters. The number of fused-ring (bicyclic) bond motifs is 3. The van der Waals surface area contributed by atoms with Crippen molar-refractivity contribution in [3.05, 3.63) is 35.4 Å². The number of aliphatic hydroxyl groups is 1. The Kier molecular flexibility index (Phi) is 4.37. The van der Waals surface area contributed by atoms with Crippen molar-refractivity contribution in [1.82, 2.24) is 9.55 Å². The quantitative estimate of drug-likeness (QED) is 0.787. The fraction of sp³-hybridized carbons (Fsp3) is 0.278. The Morgan fingerprint density at radius 1 is 1.58 bits per heavy atom. The smallest absolute Gasteiger partial charge is 0.268 e. The number of carbonyl (C=O) groups is 1. The molecule has 1 aliphatic heterocycles. The van der Waals surface area contributed by atoms with E-state index in [9.17, 15) is 14.3 Å². The minimum absolute atomic E-state index is 0.0163. The van der Waals surface area contributed by atoms with Gasteiger partial charge in [-0.2, -0.15) is 5.26 Å². The summed E-state index contributed by atoms with van der Waals surface area (Å²) in [7, 11) is 0. The number of nitrogens with zero attached hydrogens (tertiary/aromatic N) is 3. The first-order chi connectivity index (χ1) is 12.3. The lowest BCUT2D eigenvalue weighted by Crippen LogP contribution is -2.20. The second kappa shape index (κ2) is 6.51. The number of rotatable bonds is 2. The Morgan fingerprint density at radius 3 is 3.04 bits per heavy atom. The van der Waals surface area contributed by atoms with Gasteiger partial charge < -0.3 is 20.1 Å². The Labute approximate surface area is 148 Å². The lowest BCUT2D eigenvalue weighted by Gasteiger charge is -2.11. The molecule has 1 aliphatic rings. The summed E-state index contributed by atoms with van der Waals surface area (Å²) in [5.41, 5.74) is 4.30. The average Bonchev–Trinajstić information content (AvgIpc) is 2.91. The van der Waals surface area contributed by atoms with Gasteiger partial charge in [0.25, 0.3) is 5.91 Å². The zero-order valence-corrected chi connectivity index (χ0v) is 13.9. The summed E-state index contributed by atoms with van der Waals surface area (Å²) >= 11 is 0. The Bertz CT molecular complexity index is 992. The van der Waals surface area contributed by atoms with Gasteiger partial charge in [-0.15, -0.1) is 0 Å². The first-order valence-electron chi connectivity index (χ1n) is 7.77. The maximum absolute atomic E-state index is 14.4. The maximum atomic E-state index is 14.4. The van der Waals surface area contributed by atoms with Crippen LogP contribution in [0.1, 0.15) is 29.4 Å². The first kappa shape index (κ1) is 17.5. The van der Waals surface area contributed by atoms with E-state index >= 15 is 0 Å². The van der Waals surface area contributed by atoms with Gasteiger partial charge in [-0.3, -0.25) is 4.79 Å². The van der Waals surface area contributed by atoms with Crippen LogP contribution in [0.4, 0.5) is 4.39 Å². The van der Waals surface area contributed by atoms with Gasteiger partial charge in [0.05, 0.1) is 30.2 Å². The summed E-state index contributed by atoms with van der Waals surface area (Å²) in [6.45, 7) is 2.07. The van der Waals surface area contributed by atoms with Crippen molar-refractivity contribution in [2.45, 2.75) is 25.5 Å². The van der Waals surface area contributed by atoms with Crippen molar-refractivity contribution in [3.8, 4) is 35.0 Å². The number of ether oxygens (including phenoxy) is 1. The molecule has 26 heavy (non-hydrogen) atoms. The second-order valence-corrected chi connectivity index (χ2v) is 6.04. The molecule has 0 saturated carbocycles. The molecule has 3 rings (SSSR count). The van der Waals surface area contributed by atoms with Crippen molar-refractivity contribution in [2.24, 2.45) is 5.73 Å². The zero-order chi connectivity index (χ0) is 18.9. The molecule has 1 atom stereocenters. The van der Waals surface area contributed by atoms with Crippen LogP contribution in [0.3, 0.4) is 0 Å². The molecular weight excluding hydrogens is 339 g/mol. The Morgan fingerprint density at radius 2 is 2.35 bits per heavy atom. The van der Waals surface area contributed by atoms with Crippen LogP contribution in [0.25, 0.3) is 11.4 Å². The maximum Gasteiger partial charge on any atom is 0.268 e. The summed E-state index contributed by atoms with van der Waals surface area (Å²) in [5, 5.41) is 18.6. The van der Waals surface area contributed by atoms with Crippen molar-refractivity contribution in [3.63, 3.8) is 0 Å². The number of hydrogen-bond acceptors (Lipinski definition) is 5. The van der Waals surface area contributed by atoms with Gasteiger partial charge in [0, 0.05) is 12.3 Å². The molecule has 2 aromatic rings. The van der Waals surface area contributed by atoms with Gasteiger partial charge >= 0.3 is 0 Å². The third kappa shape index (κ3) is 3.37. The fourth-order valence-corrected chi connectivity index (χ4v) is 2.52. The van der Waals surface area contributed by atoms with Crippen molar-refractivity contribution < 1.29 is 19.0 Å². The molecule has 0 saturated heterocycles. The van der Waals surface area contributed by atoms with E-state index in [-0.39, 0.29) is 30.0 Å². The van der Waals surface area contributed by atoms with E-state index in [0.29, 0.717) is 17.9 Å². The van der Waals surface area contributed by atoms with Crippen LogP contribution in [0.5, 0.6) is 5.75 Å². The number of amides is 1. The first-order valence-corrected chi connectivity index (χ1v) is 7.77. The van der Waals surface area contributed by atoms with Crippen LogP contribution in [0, 0.1) is 29.0 Å². The van der Waals surface area contributed by atoms with E-state index in [1.54, 1.807) is 4.57 Å². The fourth-order valence-electron chi connectivity index (χ4n) is 2.52. The van der Waals surface area contributed by atoms with Crippen LogP contribution in [-0.4, -0.2) is 32.8 Å². The third-order valence-corrected chi connectivity index (χ3v) is 3.82. The lowest BCUT2D eigenvalue weighted by molar-refractivity contribution is 0.0995. The molecule has 0 bridgehead atoms. The third-order valence-electron chi connectivity index (χ3n) is 3.82. The van der Waals surface area contributed by atoms with Crippen LogP contribution >= 0.6 is 0 Å². The summed E-state index contributed by atoms with van der Waals surface area (Å²) in [6.07, 6.45) is 1.31. The minimum Gasteiger partial charge on any atom is -0.491 e. The monoisotopic (exact) mass is 354 g/mol. The van der Waals surface area contributed by atoms with Gasteiger partial charge in [-0.05, 0) is 13.0 Å². The highest BCUT2D eigenvalue weighted by atomic mass is 19.1. The van der Waals surface area contributed by atoms with Crippen molar-refractivity contribution in [1.29, 1.82) is 5.26 Å². The number of nitriles is 1. The molecule has 1 aromatic heterocycles. The number of halogens is 1. The number of carbonyl (C=O) groups excluding carboxylic acids is 1. The average molecular weight is 354 g/mol. The summed E-state index contributed by atoms with van der Waals surface area (Å²) < 4.78 is 21.6. The molecule has 1 aromatic carbocycles. The number of hydrogen-bond donors (Lipinski definition) is 2. The molecule has 8 heteroatoms. The van der Waals surface area contributed by atoms with Crippen molar-refractivity contribution >= 4 is 5.91 Å². The standard InChI is InChI=1S/C18H15FN4O3/c1-18(25,4-5-20)3-2-11-8-12-15(9-13(11)19)26-7-6-23-10-14(16(21)24)22-17(12)23/h8-10,25H,4,6-7H2,1H3,(H2,21,24). The van der Waals surface area contributed by atoms with Gasteiger partial charge in [0.1, 0.15) is 35.3 Å². The molecule has 0 spiro atoms. The van der Waals surface area contributed by atoms with E-state index in [2.05, 4.69) is 16.8 Å². The number of benzene rings is 1. The Balaban J connectivity index is 2.11. The predicted molar refractivity (Wildman–Crippen MR) is 89.4 cm³/mol. The van der Waals surface area contributed by atoms with Gasteiger partial charge in [0.15, 0.2) is 0 Å². The lowest BCUT2D eigenvalue weighted by atomic mass is 10.0. The van der Waals surface area contributed by atoms with Crippen LogP contribution in [0.15, 0.2) is 18.3 Å². The predicted octanol–water partition coefficient (Wildman–Crippen LogP) is 1.20. The number of aromatic nitrogens is 2. The number of nitrogens with two attached hydrogens (primary N) is 1. The van der Waals surface area contributed by atoms with Crippen LogP contribution in [-0.2, 0) is 6.54 Å². The Hall–Kier alpha value is -3.36. The van der Waals surface area contributed by atoms with Crippen molar-refractivity contribution in [2.75, 3.05) is 6.61 Å². The van der Waals surface area contributed by atoms with Crippen LogP contribution in [0.2, 0.25) is 0 Å². The van der Waals surface area contributed by atoms with Gasteiger partial charge in [-0.25, -0.2) is 9.37 Å². The molecule has 132 valence electrons. The molecule has 7 nitrogen and oxygen atoms in total.